The van der Waals surface area contributed by atoms with Crippen LogP contribution in [-0.4, -0.2) is 107 Å². The SMILES string of the molecule is CCCC[C@@H](NC(=O)[C@@H]1CCCN1C(=O)CCC(=O)[C@H](CCCCN)NC(=O)[C@H](CS)CC(=O)[C@H](CO)NC(=O)[C@@H](C)CC(C)C)C(=O)NCCc1ccccc1. The van der Waals surface area contributed by atoms with E-state index < -0.39 is 54.3 Å². The molecule has 14 nitrogen and oxygen atoms in total. The molecule has 7 N–H and O–H groups in total. The molecule has 1 aliphatic heterocycles. The van der Waals surface area contributed by atoms with Crippen molar-refractivity contribution in [2.24, 2.45) is 23.5 Å². The third-order valence-corrected chi connectivity index (χ3v) is 10.8. The number of carbonyl (C=O) groups is 7. The molecular weight excluding hydrogens is 749 g/mol. The molecule has 0 aliphatic carbocycles. The molecule has 0 saturated carbocycles. The predicted molar refractivity (Wildman–Crippen MR) is 223 cm³/mol. The van der Waals surface area contributed by atoms with E-state index in [4.69, 9.17) is 5.73 Å². The molecular formula is C42H68N6O8S. The molecule has 0 bridgehead atoms. The van der Waals surface area contributed by atoms with Gasteiger partial charge in [-0.1, -0.05) is 70.9 Å². The number of nitrogens with zero attached hydrogens (tertiary/aromatic N) is 1. The van der Waals surface area contributed by atoms with Crippen LogP contribution in [0.15, 0.2) is 30.3 Å². The number of benzene rings is 1. The smallest absolute Gasteiger partial charge is 0.243 e. The number of carbonyl (C=O) groups excluding carboxylic acids is 7. The molecule has 1 aliphatic rings. The van der Waals surface area contributed by atoms with Crippen LogP contribution in [-0.2, 0) is 40.0 Å². The average molecular weight is 817 g/mol. The van der Waals surface area contributed by atoms with Gasteiger partial charge in [0.05, 0.1) is 18.6 Å². The molecule has 1 saturated heterocycles. The number of hydrogen-bond donors (Lipinski definition) is 7. The normalized spacial score (nSPS) is 16.6. The Kier molecular flexibility index (Phi) is 23.3. The predicted octanol–water partition coefficient (Wildman–Crippen LogP) is 2.64. The lowest BCUT2D eigenvalue weighted by atomic mass is 9.95. The molecule has 1 heterocycles. The lowest BCUT2D eigenvalue weighted by Crippen LogP contribution is -2.53. The number of unbranched alkanes of at least 4 members (excludes halogenated alkanes) is 2. The van der Waals surface area contributed by atoms with Crippen molar-refractivity contribution in [1.29, 1.82) is 0 Å². The summed E-state index contributed by atoms with van der Waals surface area (Å²) in [5, 5.41) is 21.0. The third kappa shape index (κ3) is 17.7. The fourth-order valence-electron chi connectivity index (χ4n) is 7.01. The number of likely N-dealkylation sites (tertiary alicyclic amines) is 1. The molecule has 5 amide bonds. The van der Waals surface area contributed by atoms with Crippen LogP contribution in [0.4, 0.5) is 0 Å². The zero-order chi connectivity index (χ0) is 42.3. The lowest BCUT2D eigenvalue weighted by molar-refractivity contribution is -0.140. The lowest BCUT2D eigenvalue weighted by Gasteiger charge is -2.27. The molecule has 15 heteroatoms. The van der Waals surface area contributed by atoms with E-state index in [1.807, 2.05) is 51.1 Å². The van der Waals surface area contributed by atoms with Gasteiger partial charge < -0.3 is 37.0 Å². The van der Waals surface area contributed by atoms with E-state index in [9.17, 15) is 38.7 Å². The van der Waals surface area contributed by atoms with E-state index in [1.54, 1.807) is 6.92 Å². The highest BCUT2D eigenvalue weighted by Gasteiger charge is 2.36. The van der Waals surface area contributed by atoms with Crippen molar-refractivity contribution >= 4 is 53.7 Å². The van der Waals surface area contributed by atoms with Gasteiger partial charge in [0.25, 0.3) is 0 Å². The van der Waals surface area contributed by atoms with Crippen molar-refractivity contribution in [3.05, 3.63) is 35.9 Å². The summed E-state index contributed by atoms with van der Waals surface area (Å²) in [5.74, 6) is -3.96. The van der Waals surface area contributed by atoms with Crippen LogP contribution in [0.3, 0.4) is 0 Å². The van der Waals surface area contributed by atoms with Crippen molar-refractivity contribution < 1.29 is 38.7 Å². The third-order valence-electron chi connectivity index (χ3n) is 10.3. The van der Waals surface area contributed by atoms with Crippen LogP contribution in [0.5, 0.6) is 0 Å². The Bertz CT molecular complexity index is 1450. The van der Waals surface area contributed by atoms with Crippen molar-refractivity contribution in [2.45, 2.75) is 135 Å². The number of hydrogen-bond acceptors (Lipinski definition) is 10. The second kappa shape index (κ2) is 27.0. The van der Waals surface area contributed by atoms with Crippen LogP contribution in [0.2, 0.25) is 0 Å². The first kappa shape index (κ1) is 49.3. The van der Waals surface area contributed by atoms with Crippen molar-refractivity contribution in [2.75, 3.05) is 32.0 Å². The second-order valence-electron chi connectivity index (χ2n) is 15.6. The zero-order valence-corrected chi connectivity index (χ0v) is 35.3. The number of thiol groups is 1. The average Bonchev–Trinajstić information content (AvgIpc) is 3.69. The van der Waals surface area contributed by atoms with Gasteiger partial charge in [-0.2, -0.15) is 12.6 Å². The molecule has 57 heavy (non-hydrogen) atoms. The van der Waals surface area contributed by atoms with Gasteiger partial charge >= 0.3 is 0 Å². The number of aliphatic hydroxyl groups excluding tert-OH is 1. The van der Waals surface area contributed by atoms with Gasteiger partial charge in [-0.3, -0.25) is 33.6 Å². The van der Waals surface area contributed by atoms with Gasteiger partial charge in [0.15, 0.2) is 11.6 Å². The van der Waals surface area contributed by atoms with Gasteiger partial charge in [0, 0.05) is 44.0 Å². The number of ketones is 2. The van der Waals surface area contributed by atoms with E-state index >= 15 is 0 Å². The molecule has 1 aromatic rings. The van der Waals surface area contributed by atoms with Crippen LogP contribution in [0.25, 0.3) is 0 Å². The summed E-state index contributed by atoms with van der Waals surface area (Å²) in [7, 11) is 0. The first-order chi connectivity index (χ1) is 27.3. The number of rotatable bonds is 28. The fraction of sp³-hybridized carbons (Fsp3) is 0.690. The molecule has 320 valence electrons. The van der Waals surface area contributed by atoms with Gasteiger partial charge in [-0.05, 0) is 69.4 Å². The Balaban J connectivity index is 2.02. The van der Waals surface area contributed by atoms with Crippen molar-refractivity contribution in [3.63, 3.8) is 0 Å². The minimum Gasteiger partial charge on any atom is -0.394 e. The Labute approximate surface area is 344 Å². The van der Waals surface area contributed by atoms with E-state index in [1.165, 1.54) is 4.90 Å². The quantitative estimate of drug-likeness (QED) is 0.0488. The summed E-state index contributed by atoms with van der Waals surface area (Å²) >= 11 is 4.28. The van der Waals surface area contributed by atoms with E-state index in [0.717, 1.165) is 18.4 Å². The van der Waals surface area contributed by atoms with E-state index in [0.29, 0.717) is 64.6 Å². The van der Waals surface area contributed by atoms with Crippen molar-refractivity contribution in [1.82, 2.24) is 26.2 Å². The number of nitrogens with two attached hydrogens (primary N) is 1. The number of nitrogens with one attached hydrogen (secondary N) is 4. The fourth-order valence-corrected chi connectivity index (χ4v) is 7.30. The molecule has 1 aromatic carbocycles. The Morgan fingerprint density at radius 1 is 0.860 bits per heavy atom. The summed E-state index contributed by atoms with van der Waals surface area (Å²) in [6.07, 6.45) is 5.07. The summed E-state index contributed by atoms with van der Waals surface area (Å²) in [5.41, 5.74) is 6.77. The standard InChI is InChI=1S/C42H68N6O8S/c1-5-6-15-33(41(55)44-22-20-30-13-8-7-9-14-30)46-42(56)35-17-12-23-48(35)38(52)19-18-36(50)32(16-10-11-21-43)45-40(54)31(27-57)25-37(51)34(26-49)47-39(53)29(4)24-28(2)3/h7-9,13-14,28-29,31-35,49,57H,5-6,10-12,15-27,43H2,1-4H3,(H,44,55)(H,45,54)(H,46,56)(H,47,53)/t29-,31-,32-,33+,34-,35-/m0/s1. The topological polar surface area (TPSA) is 217 Å². The highest BCUT2D eigenvalue weighted by molar-refractivity contribution is 7.80. The van der Waals surface area contributed by atoms with Gasteiger partial charge in [0.2, 0.25) is 29.5 Å². The minimum absolute atomic E-state index is 0.0251. The summed E-state index contributed by atoms with van der Waals surface area (Å²) in [6, 6.07) is 6.13. The molecule has 0 aromatic heterocycles. The minimum atomic E-state index is -1.18. The van der Waals surface area contributed by atoms with Gasteiger partial charge in [-0.15, -0.1) is 0 Å². The first-order valence-electron chi connectivity index (χ1n) is 20.7. The highest BCUT2D eigenvalue weighted by Crippen LogP contribution is 2.21. The molecule has 0 spiro atoms. The maximum Gasteiger partial charge on any atom is 0.243 e. The summed E-state index contributed by atoms with van der Waals surface area (Å²) < 4.78 is 0. The highest BCUT2D eigenvalue weighted by atomic mass is 32.1. The van der Waals surface area contributed by atoms with Crippen LogP contribution in [0, 0.1) is 17.8 Å². The summed E-state index contributed by atoms with van der Waals surface area (Å²) in [6.45, 7) is 8.23. The number of Topliss-reactive ketones (excluding diaryl/α,β-unsaturated/α-hetero) is 2. The van der Waals surface area contributed by atoms with E-state index in [2.05, 4.69) is 33.9 Å². The Morgan fingerprint density at radius 3 is 2.18 bits per heavy atom. The molecule has 0 radical (unpaired) electrons. The Hall–Kier alpha value is -3.82. The van der Waals surface area contributed by atoms with Crippen LogP contribution < -0.4 is 27.0 Å². The second-order valence-corrected chi connectivity index (χ2v) is 16.0. The summed E-state index contributed by atoms with van der Waals surface area (Å²) in [4.78, 5) is 94.3. The molecule has 6 atom stereocenters. The molecule has 1 fully saturated rings. The first-order valence-corrected chi connectivity index (χ1v) is 21.4. The molecule has 2 rings (SSSR count). The maximum absolute atomic E-state index is 13.5. The zero-order valence-electron chi connectivity index (χ0n) is 34.4. The van der Waals surface area contributed by atoms with E-state index in [-0.39, 0.29) is 66.8 Å². The van der Waals surface area contributed by atoms with Crippen LogP contribution >= 0.6 is 12.6 Å². The van der Waals surface area contributed by atoms with Crippen LogP contribution in [0.1, 0.15) is 110 Å². The van der Waals surface area contributed by atoms with Gasteiger partial charge in [0.1, 0.15) is 18.1 Å². The number of amides is 5. The Morgan fingerprint density at radius 2 is 1.54 bits per heavy atom. The van der Waals surface area contributed by atoms with Gasteiger partial charge in [-0.25, -0.2) is 0 Å². The van der Waals surface area contributed by atoms with Crippen molar-refractivity contribution in [3.8, 4) is 0 Å². The largest absolute Gasteiger partial charge is 0.394 e. The monoisotopic (exact) mass is 816 g/mol. The number of aliphatic hydroxyl groups is 1. The molecule has 0 unspecified atom stereocenters. The maximum atomic E-state index is 13.5.